The first kappa shape index (κ1) is 18.6. The van der Waals surface area contributed by atoms with E-state index in [-0.39, 0.29) is 37.8 Å². The minimum atomic E-state index is -0.825. The first-order valence-electron chi connectivity index (χ1n) is 6.40. The van der Waals surface area contributed by atoms with Gasteiger partial charge in [0, 0.05) is 26.1 Å². The van der Waals surface area contributed by atoms with Crippen molar-refractivity contribution >= 4 is 18.4 Å². The molecule has 0 radical (unpaired) electrons. The number of rotatable bonds is 9. The summed E-state index contributed by atoms with van der Waals surface area (Å²) in [6.07, 6.45) is 1.82. The van der Waals surface area contributed by atoms with E-state index in [1.165, 1.54) is 0 Å². The standard InChI is InChI=1S/C12H23NO5.ClH/c1-13(6-2-8-14)7-5-10-9-17-12(18-10)4-3-11(15)16;/h10,12,14H,2-9H2,1H3,(H,15,16);1H. The molecule has 0 amide bonds. The summed E-state index contributed by atoms with van der Waals surface area (Å²) in [6, 6.07) is 0. The lowest BCUT2D eigenvalue weighted by atomic mass is 10.2. The summed E-state index contributed by atoms with van der Waals surface area (Å²) >= 11 is 0. The van der Waals surface area contributed by atoms with Gasteiger partial charge in [0.1, 0.15) is 0 Å². The fraction of sp³-hybridized carbons (Fsp3) is 0.917. The Morgan fingerprint density at radius 2 is 2.11 bits per heavy atom. The smallest absolute Gasteiger partial charge is 0.303 e. The van der Waals surface area contributed by atoms with Gasteiger partial charge in [0.2, 0.25) is 0 Å². The molecule has 0 bridgehead atoms. The summed E-state index contributed by atoms with van der Waals surface area (Å²) in [5.74, 6) is -0.825. The summed E-state index contributed by atoms with van der Waals surface area (Å²) in [7, 11) is 2.01. The number of hydrogen-bond acceptors (Lipinski definition) is 5. The molecule has 19 heavy (non-hydrogen) atoms. The van der Waals surface area contributed by atoms with Gasteiger partial charge in [-0.1, -0.05) is 0 Å². The van der Waals surface area contributed by atoms with Crippen molar-refractivity contribution in [2.75, 3.05) is 33.4 Å². The van der Waals surface area contributed by atoms with E-state index >= 15 is 0 Å². The molecule has 1 saturated heterocycles. The highest BCUT2D eigenvalue weighted by Gasteiger charge is 2.26. The molecule has 0 spiro atoms. The van der Waals surface area contributed by atoms with Crippen LogP contribution in [-0.4, -0.2) is 66.8 Å². The lowest BCUT2D eigenvalue weighted by Crippen LogP contribution is -2.26. The Balaban J connectivity index is 0.00000324. The number of nitrogens with zero attached hydrogens (tertiary/aromatic N) is 1. The van der Waals surface area contributed by atoms with Gasteiger partial charge in [0.15, 0.2) is 6.29 Å². The van der Waals surface area contributed by atoms with Crippen molar-refractivity contribution in [3.05, 3.63) is 0 Å². The van der Waals surface area contributed by atoms with Gasteiger partial charge in [-0.3, -0.25) is 4.79 Å². The van der Waals surface area contributed by atoms with Gasteiger partial charge in [0.25, 0.3) is 0 Å². The minimum Gasteiger partial charge on any atom is -0.481 e. The third-order valence-corrected chi connectivity index (χ3v) is 2.94. The lowest BCUT2D eigenvalue weighted by Gasteiger charge is -2.17. The van der Waals surface area contributed by atoms with E-state index in [4.69, 9.17) is 19.7 Å². The molecule has 0 aromatic rings. The van der Waals surface area contributed by atoms with E-state index in [0.29, 0.717) is 13.0 Å². The maximum absolute atomic E-state index is 10.4. The van der Waals surface area contributed by atoms with Gasteiger partial charge in [-0.2, -0.15) is 0 Å². The Bertz CT molecular complexity index is 254. The summed E-state index contributed by atoms with van der Waals surface area (Å²) in [4.78, 5) is 12.6. The van der Waals surface area contributed by atoms with Crippen molar-refractivity contribution < 1.29 is 24.5 Å². The number of aliphatic hydroxyl groups is 1. The molecule has 0 aliphatic carbocycles. The molecule has 0 saturated carbocycles. The Hall–Kier alpha value is -0.400. The number of halogens is 1. The minimum absolute atomic E-state index is 0. The van der Waals surface area contributed by atoms with Crippen LogP contribution in [0.1, 0.15) is 25.7 Å². The zero-order valence-electron chi connectivity index (χ0n) is 11.3. The number of carbonyl (C=O) groups is 1. The molecule has 0 aromatic heterocycles. The molecule has 1 aliphatic rings. The first-order chi connectivity index (χ1) is 8.61. The number of carboxylic acid groups (broad SMARTS) is 1. The third-order valence-electron chi connectivity index (χ3n) is 2.94. The molecule has 0 aromatic carbocycles. The normalized spacial score (nSPS) is 22.5. The van der Waals surface area contributed by atoms with Crippen LogP contribution in [0.15, 0.2) is 0 Å². The van der Waals surface area contributed by atoms with Gasteiger partial charge >= 0.3 is 5.97 Å². The van der Waals surface area contributed by atoms with E-state index in [9.17, 15) is 4.79 Å². The molecule has 2 atom stereocenters. The number of aliphatic hydroxyl groups excluding tert-OH is 1. The summed E-state index contributed by atoms with van der Waals surface area (Å²) < 4.78 is 11.0. The van der Waals surface area contributed by atoms with Crippen molar-refractivity contribution in [3.63, 3.8) is 0 Å². The summed E-state index contributed by atoms with van der Waals surface area (Å²) in [5.41, 5.74) is 0. The molecular formula is C12H24ClNO5. The van der Waals surface area contributed by atoms with Gasteiger partial charge in [-0.25, -0.2) is 0 Å². The second-order valence-corrected chi connectivity index (χ2v) is 4.62. The second kappa shape index (κ2) is 10.4. The van der Waals surface area contributed by atoms with Gasteiger partial charge in [0.05, 0.1) is 19.1 Å². The fourth-order valence-corrected chi connectivity index (χ4v) is 1.87. The van der Waals surface area contributed by atoms with Crippen LogP contribution in [0.2, 0.25) is 0 Å². The Morgan fingerprint density at radius 1 is 1.37 bits per heavy atom. The van der Waals surface area contributed by atoms with Crippen LogP contribution in [-0.2, 0) is 14.3 Å². The highest BCUT2D eigenvalue weighted by molar-refractivity contribution is 5.85. The molecule has 7 heteroatoms. The third kappa shape index (κ3) is 8.39. The molecule has 6 nitrogen and oxygen atoms in total. The van der Waals surface area contributed by atoms with Crippen LogP contribution >= 0.6 is 12.4 Å². The molecule has 1 fully saturated rings. The average molecular weight is 298 g/mol. The number of carboxylic acids is 1. The highest BCUT2D eigenvalue weighted by Crippen LogP contribution is 2.18. The zero-order valence-corrected chi connectivity index (χ0v) is 12.1. The quantitative estimate of drug-likeness (QED) is 0.653. The van der Waals surface area contributed by atoms with E-state index in [1.807, 2.05) is 7.05 Å². The van der Waals surface area contributed by atoms with E-state index in [1.54, 1.807) is 0 Å². The Labute approximate surface area is 120 Å². The van der Waals surface area contributed by atoms with Crippen LogP contribution in [0.25, 0.3) is 0 Å². The van der Waals surface area contributed by atoms with E-state index in [0.717, 1.165) is 25.9 Å². The van der Waals surface area contributed by atoms with Gasteiger partial charge < -0.3 is 24.6 Å². The number of aliphatic carboxylic acids is 1. The second-order valence-electron chi connectivity index (χ2n) is 4.62. The van der Waals surface area contributed by atoms with E-state index in [2.05, 4.69) is 4.90 Å². The van der Waals surface area contributed by atoms with Crippen LogP contribution in [0.3, 0.4) is 0 Å². The van der Waals surface area contributed by atoms with Crippen LogP contribution in [0.4, 0.5) is 0 Å². The maximum Gasteiger partial charge on any atom is 0.303 e. The number of hydrogen-bond donors (Lipinski definition) is 2. The number of ether oxygens (including phenoxy) is 2. The molecule has 2 N–H and O–H groups in total. The van der Waals surface area contributed by atoms with Crippen LogP contribution < -0.4 is 0 Å². The van der Waals surface area contributed by atoms with Crippen molar-refractivity contribution in [1.82, 2.24) is 4.90 Å². The monoisotopic (exact) mass is 297 g/mol. The average Bonchev–Trinajstić information content (AvgIpc) is 2.79. The maximum atomic E-state index is 10.4. The molecular weight excluding hydrogens is 274 g/mol. The Kier molecular flexibility index (Phi) is 10.2. The van der Waals surface area contributed by atoms with E-state index < -0.39 is 5.97 Å². The summed E-state index contributed by atoms with van der Waals surface area (Å²) in [5, 5.41) is 17.3. The predicted octanol–water partition coefficient (Wildman–Crippen LogP) is 0.719. The van der Waals surface area contributed by atoms with Crippen molar-refractivity contribution in [2.45, 2.75) is 38.1 Å². The van der Waals surface area contributed by atoms with Crippen LogP contribution in [0.5, 0.6) is 0 Å². The summed E-state index contributed by atoms with van der Waals surface area (Å²) in [6.45, 7) is 2.51. The highest BCUT2D eigenvalue weighted by atomic mass is 35.5. The molecule has 1 rings (SSSR count). The lowest BCUT2D eigenvalue weighted by molar-refractivity contribution is -0.139. The van der Waals surface area contributed by atoms with Crippen molar-refractivity contribution in [1.29, 1.82) is 0 Å². The molecule has 1 aliphatic heterocycles. The van der Waals surface area contributed by atoms with Crippen molar-refractivity contribution in [2.24, 2.45) is 0 Å². The zero-order chi connectivity index (χ0) is 13.4. The fourth-order valence-electron chi connectivity index (χ4n) is 1.87. The van der Waals surface area contributed by atoms with Gasteiger partial charge in [-0.15, -0.1) is 12.4 Å². The van der Waals surface area contributed by atoms with Crippen molar-refractivity contribution in [3.8, 4) is 0 Å². The largest absolute Gasteiger partial charge is 0.481 e. The molecule has 2 unspecified atom stereocenters. The topological polar surface area (TPSA) is 79.2 Å². The van der Waals surface area contributed by atoms with Crippen LogP contribution in [0, 0.1) is 0 Å². The molecule has 1 heterocycles. The Morgan fingerprint density at radius 3 is 2.74 bits per heavy atom. The SMILES string of the molecule is CN(CCCO)CCC1COC(CCC(=O)O)O1.Cl. The predicted molar refractivity (Wildman–Crippen MR) is 72.5 cm³/mol. The van der Waals surface area contributed by atoms with Gasteiger partial charge in [-0.05, 0) is 19.9 Å². The molecule has 114 valence electrons. The first-order valence-corrected chi connectivity index (χ1v) is 6.40.